The summed E-state index contributed by atoms with van der Waals surface area (Å²) in [7, 11) is 1.31. The van der Waals surface area contributed by atoms with Crippen LogP contribution in [-0.2, 0) is 32.1 Å². The second-order valence-electron chi connectivity index (χ2n) is 7.16. The van der Waals surface area contributed by atoms with Crippen molar-refractivity contribution in [1.29, 1.82) is 0 Å². The first kappa shape index (κ1) is 21.4. The highest BCUT2D eigenvalue weighted by molar-refractivity contribution is 5.90. The first-order valence-corrected chi connectivity index (χ1v) is 9.98. The summed E-state index contributed by atoms with van der Waals surface area (Å²) in [6, 6.07) is 17.2. The fourth-order valence-electron chi connectivity index (χ4n) is 3.57. The highest BCUT2D eigenvalue weighted by Crippen LogP contribution is 2.20. The minimum atomic E-state index is -0.846. The monoisotopic (exact) mass is 410 g/mol. The van der Waals surface area contributed by atoms with E-state index < -0.39 is 24.1 Å². The smallest absolute Gasteiger partial charge is 0.408 e. The van der Waals surface area contributed by atoms with Gasteiger partial charge in [-0.25, -0.2) is 9.59 Å². The Morgan fingerprint density at radius 3 is 2.30 bits per heavy atom. The highest BCUT2D eigenvalue weighted by atomic mass is 16.5. The number of amides is 2. The molecule has 0 saturated carbocycles. The number of nitrogens with one attached hydrogen (secondary N) is 1. The van der Waals surface area contributed by atoms with Crippen LogP contribution >= 0.6 is 0 Å². The normalized spacial score (nSPS) is 16.6. The van der Waals surface area contributed by atoms with Crippen molar-refractivity contribution in [1.82, 2.24) is 10.2 Å². The number of rotatable bonds is 7. The third-order valence-corrected chi connectivity index (χ3v) is 5.09. The molecule has 2 aromatic rings. The van der Waals surface area contributed by atoms with Crippen molar-refractivity contribution in [3.05, 3.63) is 71.8 Å². The lowest BCUT2D eigenvalue weighted by Crippen LogP contribution is -2.52. The zero-order valence-corrected chi connectivity index (χ0v) is 17.0. The fraction of sp³-hybridized carbons (Fsp3) is 0.348. The summed E-state index contributed by atoms with van der Waals surface area (Å²) < 4.78 is 10.1. The number of hydrogen-bond acceptors (Lipinski definition) is 5. The molecule has 2 atom stereocenters. The molecule has 158 valence electrons. The summed E-state index contributed by atoms with van der Waals surface area (Å²) in [5.74, 6) is -0.755. The van der Waals surface area contributed by atoms with E-state index in [2.05, 4.69) is 5.32 Å². The van der Waals surface area contributed by atoms with Gasteiger partial charge in [-0.1, -0.05) is 60.7 Å². The van der Waals surface area contributed by atoms with E-state index >= 15 is 0 Å². The van der Waals surface area contributed by atoms with Crippen LogP contribution in [0.1, 0.15) is 24.0 Å². The molecule has 1 aliphatic heterocycles. The van der Waals surface area contributed by atoms with Crippen LogP contribution in [-0.4, -0.2) is 48.6 Å². The quantitative estimate of drug-likeness (QED) is 0.710. The SMILES string of the molecule is COC(=O)[C@H]1CCCN1C(=O)[C@H](Cc1ccccc1)NC(=O)OCc1ccccc1. The summed E-state index contributed by atoms with van der Waals surface area (Å²) in [5, 5.41) is 2.69. The van der Waals surface area contributed by atoms with Gasteiger partial charge in [0.15, 0.2) is 0 Å². The van der Waals surface area contributed by atoms with Crippen molar-refractivity contribution in [3.8, 4) is 0 Å². The van der Waals surface area contributed by atoms with E-state index in [-0.39, 0.29) is 12.5 Å². The minimum Gasteiger partial charge on any atom is -0.467 e. The van der Waals surface area contributed by atoms with Gasteiger partial charge in [0.2, 0.25) is 5.91 Å². The molecule has 2 amide bonds. The zero-order valence-electron chi connectivity index (χ0n) is 17.0. The molecule has 30 heavy (non-hydrogen) atoms. The Bertz CT molecular complexity index is 856. The second-order valence-corrected chi connectivity index (χ2v) is 7.16. The topological polar surface area (TPSA) is 84.9 Å². The fourth-order valence-corrected chi connectivity index (χ4v) is 3.57. The Kier molecular flexibility index (Phi) is 7.43. The molecule has 1 fully saturated rings. The van der Waals surface area contributed by atoms with Crippen molar-refractivity contribution in [2.45, 2.75) is 38.0 Å². The molecule has 2 aromatic carbocycles. The first-order valence-electron chi connectivity index (χ1n) is 9.98. The molecule has 1 saturated heterocycles. The first-order chi connectivity index (χ1) is 14.6. The number of carbonyl (C=O) groups is 3. The van der Waals surface area contributed by atoms with Crippen molar-refractivity contribution in [2.75, 3.05) is 13.7 Å². The van der Waals surface area contributed by atoms with Gasteiger partial charge in [0.05, 0.1) is 7.11 Å². The third-order valence-electron chi connectivity index (χ3n) is 5.09. The Morgan fingerprint density at radius 1 is 1.03 bits per heavy atom. The second kappa shape index (κ2) is 10.4. The van der Waals surface area contributed by atoms with Crippen molar-refractivity contribution in [3.63, 3.8) is 0 Å². The molecule has 1 aliphatic rings. The van der Waals surface area contributed by atoms with Crippen LogP contribution in [0.25, 0.3) is 0 Å². The molecule has 0 aromatic heterocycles. The molecule has 1 heterocycles. The third kappa shape index (κ3) is 5.59. The number of likely N-dealkylation sites (tertiary alicyclic amines) is 1. The van der Waals surface area contributed by atoms with Crippen LogP contribution in [0.2, 0.25) is 0 Å². The predicted octanol–water partition coefficient (Wildman–Crippen LogP) is 2.69. The standard InChI is InChI=1S/C23H26N2O5/c1-29-22(27)20-13-8-14-25(20)21(26)19(15-17-9-4-2-5-10-17)24-23(28)30-16-18-11-6-3-7-12-18/h2-7,9-12,19-20H,8,13-16H2,1H3,(H,24,28)/t19-,20+/m0/s1. The van der Waals surface area contributed by atoms with Gasteiger partial charge in [-0.15, -0.1) is 0 Å². The van der Waals surface area contributed by atoms with Gasteiger partial charge in [-0.2, -0.15) is 0 Å². The molecule has 7 nitrogen and oxygen atoms in total. The maximum Gasteiger partial charge on any atom is 0.408 e. The van der Waals surface area contributed by atoms with E-state index in [1.807, 2.05) is 60.7 Å². The number of hydrogen-bond donors (Lipinski definition) is 1. The van der Waals surface area contributed by atoms with Crippen molar-refractivity contribution >= 4 is 18.0 Å². The lowest BCUT2D eigenvalue weighted by atomic mass is 10.0. The average Bonchev–Trinajstić information content (AvgIpc) is 3.27. The zero-order chi connectivity index (χ0) is 21.3. The molecule has 7 heteroatoms. The summed E-state index contributed by atoms with van der Waals surface area (Å²) in [5.41, 5.74) is 1.75. The summed E-state index contributed by atoms with van der Waals surface area (Å²) in [6.07, 6.45) is 0.878. The number of ether oxygens (including phenoxy) is 2. The Morgan fingerprint density at radius 2 is 1.67 bits per heavy atom. The van der Waals surface area contributed by atoms with Crippen LogP contribution in [0.3, 0.4) is 0 Å². The van der Waals surface area contributed by atoms with Gasteiger partial charge < -0.3 is 19.7 Å². The number of carbonyl (C=O) groups excluding carboxylic acids is 3. The Balaban J connectivity index is 1.70. The maximum absolute atomic E-state index is 13.2. The van der Waals surface area contributed by atoms with Gasteiger partial charge in [-0.3, -0.25) is 4.79 Å². The van der Waals surface area contributed by atoms with Crippen LogP contribution in [0.5, 0.6) is 0 Å². The molecular weight excluding hydrogens is 384 g/mol. The van der Waals surface area contributed by atoms with E-state index in [1.165, 1.54) is 12.0 Å². The number of nitrogens with zero attached hydrogens (tertiary/aromatic N) is 1. The summed E-state index contributed by atoms with van der Waals surface area (Å²) >= 11 is 0. The van der Waals surface area contributed by atoms with Gasteiger partial charge in [0.25, 0.3) is 0 Å². The lowest BCUT2D eigenvalue weighted by molar-refractivity contribution is -0.151. The average molecular weight is 410 g/mol. The number of esters is 1. The van der Waals surface area contributed by atoms with Crippen molar-refractivity contribution in [2.24, 2.45) is 0 Å². The molecule has 0 bridgehead atoms. The van der Waals surface area contributed by atoms with E-state index in [1.54, 1.807) is 0 Å². The number of benzene rings is 2. The molecule has 0 spiro atoms. The number of alkyl carbamates (subject to hydrolysis) is 1. The molecule has 0 radical (unpaired) electrons. The molecule has 3 rings (SSSR count). The molecule has 0 unspecified atom stereocenters. The van der Waals surface area contributed by atoms with Crippen LogP contribution in [0.15, 0.2) is 60.7 Å². The number of methoxy groups -OCH3 is 1. The van der Waals surface area contributed by atoms with Gasteiger partial charge >= 0.3 is 12.1 Å². The molecular formula is C23H26N2O5. The van der Waals surface area contributed by atoms with Gasteiger partial charge in [0.1, 0.15) is 18.7 Å². The predicted molar refractivity (Wildman–Crippen MR) is 110 cm³/mol. The molecule has 1 N–H and O–H groups in total. The Hall–Kier alpha value is -3.35. The van der Waals surface area contributed by atoms with E-state index in [0.717, 1.165) is 11.1 Å². The van der Waals surface area contributed by atoms with Gasteiger partial charge in [-0.05, 0) is 24.0 Å². The lowest BCUT2D eigenvalue weighted by Gasteiger charge is -2.28. The van der Waals surface area contributed by atoms with E-state index in [4.69, 9.17) is 9.47 Å². The summed E-state index contributed by atoms with van der Waals surface area (Å²) in [4.78, 5) is 39.2. The Labute approximate surface area is 176 Å². The minimum absolute atomic E-state index is 0.105. The summed E-state index contributed by atoms with van der Waals surface area (Å²) in [6.45, 7) is 0.554. The highest BCUT2D eigenvalue weighted by Gasteiger charge is 2.38. The van der Waals surface area contributed by atoms with Crippen LogP contribution in [0, 0.1) is 0 Å². The van der Waals surface area contributed by atoms with Gasteiger partial charge in [0, 0.05) is 13.0 Å². The van der Waals surface area contributed by atoms with E-state index in [9.17, 15) is 14.4 Å². The largest absolute Gasteiger partial charge is 0.467 e. The van der Waals surface area contributed by atoms with Crippen molar-refractivity contribution < 1.29 is 23.9 Å². The van der Waals surface area contributed by atoms with E-state index in [0.29, 0.717) is 25.8 Å². The maximum atomic E-state index is 13.2. The van der Waals surface area contributed by atoms with Crippen LogP contribution in [0.4, 0.5) is 4.79 Å². The van der Waals surface area contributed by atoms with Crippen LogP contribution < -0.4 is 5.32 Å². The molecule has 0 aliphatic carbocycles.